The normalized spacial score (nSPS) is 22.8. The van der Waals surface area contributed by atoms with E-state index in [4.69, 9.17) is 9.90 Å². The highest BCUT2D eigenvalue weighted by molar-refractivity contribution is 7.08. The lowest BCUT2D eigenvalue weighted by molar-refractivity contribution is -0.122. The highest BCUT2D eigenvalue weighted by atomic mass is 32.1. The molecule has 7 nitrogen and oxygen atoms in total. The Balaban J connectivity index is 0.000000526. The minimum atomic E-state index is -0.250. The number of nitrogens with one attached hydrogen (secondary N) is 1. The van der Waals surface area contributed by atoms with Crippen LogP contribution in [0, 0.1) is 11.8 Å². The molecule has 8 heteroatoms. The van der Waals surface area contributed by atoms with Gasteiger partial charge in [0.25, 0.3) is 12.4 Å². The Kier molecular flexibility index (Phi) is 5.27. The van der Waals surface area contributed by atoms with Gasteiger partial charge in [-0.2, -0.15) is 16.4 Å². The zero-order valence-corrected chi connectivity index (χ0v) is 14.0. The molecule has 2 aliphatic heterocycles. The van der Waals surface area contributed by atoms with Crippen molar-refractivity contribution in [3.05, 3.63) is 40.3 Å². The summed E-state index contributed by atoms with van der Waals surface area (Å²) in [5, 5.41) is 17.7. The average Bonchev–Trinajstić information content (AvgIpc) is 3.32. The lowest BCUT2D eigenvalue weighted by Crippen LogP contribution is -2.32. The van der Waals surface area contributed by atoms with Crippen molar-refractivity contribution in [2.24, 2.45) is 11.8 Å². The number of carboxylic acid groups (broad SMARTS) is 1. The van der Waals surface area contributed by atoms with Gasteiger partial charge >= 0.3 is 0 Å². The highest BCUT2D eigenvalue weighted by Gasteiger charge is 2.41. The van der Waals surface area contributed by atoms with Gasteiger partial charge in [-0.25, -0.2) is 0 Å². The first-order valence-corrected chi connectivity index (χ1v) is 8.75. The van der Waals surface area contributed by atoms with Crippen LogP contribution < -0.4 is 0 Å². The monoisotopic (exact) mass is 348 g/mol. The number of carbonyl (C=O) groups excluding carboxylic acids is 1. The van der Waals surface area contributed by atoms with E-state index in [0.29, 0.717) is 11.8 Å². The van der Waals surface area contributed by atoms with Gasteiger partial charge in [0.1, 0.15) is 0 Å². The Morgan fingerprint density at radius 1 is 1.38 bits per heavy atom. The quantitative estimate of drug-likeness (QED) is 0.818. The molecule has 4 rings (SSSR count). The second-order valence-corrected chi connectivity index (χ2v) is 6.93. The number of aromatic nitrogens is 2. The molecule has 0 radical (unpaired) electrons. The fourth-order valence-corrected chi connectivity index (χ4v) is 4.21. The third-order valence-electron chi connectivity index (χ3n) is 4.58. The summed E-state index contributed by atoms with van der Waals surface area (Å²) in [6, 6.07) is 1.92. The van der Waals surface area contributed by atoms with E-state index in [2.05, 4.69) is 15.1 Å². The summed E-state index contributed by atoms with van der Waals surface area (Å²) in [4.78, 5) is 25.3. The number of amides is 1. The maximum Gasteiger partial charge on any atom is 0.290 e. The Bertz CT molecular complexity index is 645. The number of H-pyrrole nitrogens is 1. The zero-order valence-electron chi connectivity index (χ0n) is 13.2. The molecule has 2 saturated heterocycles. The Morgan fingerprint density at radius 2 is 2.08 bits per heavy atom. The lowest BCUT2D eigenvalue weighted by atomic mass is 10.0. The first-order valence-electron chi connectivity index (χ1n) is 7.80. The third kappa shape index (κ3) is 3.65. The largest absolute Gasteiger partial charge is 0.483 e. The molecule has 2 N–H and O–H groups in total. The van der Waals surface area contributed by atoms with Crippen LogP contribution in [0.2, 0.25) is 0 Å². The van der Waals surface area contributed by atoms with E-state index in [1.807, 2.05) is 34.1 Å². The van der Waals surface area contributed by atoms with Crippen LogP contribution in [-0.4, -0.2) is 63.7 Å². The molecule has 0 bridgehead atoms. The summed E-state index contributed by atoms with van der Waals surface area (Å²) >= 11 is 1.59. The SMILES string of the molecule is O=C(c1ccsc1)N1CC2CN(Cc3cn[nH]c3)CC2C1.O=CO. The van der Waals surface area contributed by atoms with Crippen molar-refractivity contribution >= 4 is 23.7 Å². The number of nitrogens with zero attached hydrogens (tertiary/aromatic N) is 3. The van der Waals surface area contributed by atoms with Crippen LogP contribution in [0.15, 0.2) is 29.2 Å². The molecule has 4 heterocycles. The summed E-state index contributed by atoms with van der Waals surface area (Å²) in [5.41, 5.74) is 2.08. The van der Waals surface area contributed by atoms with Gasteiger partial charge in [-0.3, -0.25) is 19.6 Å². The van der Waals surface area contributed by atoms with Crippen LogP contribution in [0.25, 0.3) is 0 Å². The second kappa shape index (κ2) is 7.59. The third-order valence-corrected chi connectivity index (χ3v) is 5.26. The number of carbonyl (C=O) groups is 2. The first kappa shape index (κ1) is 16.7. The van der Waals surface area contributed by atoms with Gasteiger partial charge in [0.05, 0.1) is 11.8 Å². The standard InChI is InChI=1S/C15H18N4OS.CH2O2/c20-15(12-1-2-21-10-12)19-8-13-6-18(7-14(13)9-19)5-11-3-16-17-4-11;2-1-3/h1-4,10,13-14H,5-9H2,(H,16,17);1H,(H,2,3). The number of fused-ring (bicyclic) bond motifs is 1. The fraction of sp³-hybridized carbons (Fsp3) is 0.438. The van der Waals surface area contributed by atoms with Crippen molar-refractivity contribution in [3.63, 3.8) is 0 Å². The summed E-state index contributed by atoms with van der Waals surface area (Å²) < 4.78 is 0. The van der Waals surface area contributed by atoms with Gasteiger partial charge in [-0.15, -0.1) is 0 Å². The minimum Gasteiger partial charge on any atom is -0.483 e. The van der Waals surface area contributed by atoms with Gasteiger partial charge in [0, 0.05) is 49.9 Å². The summed E-state index contributed by atoms with van der Waals surface area (Å²) in [5.74, 6) is 1.45. The minimum absolute atomic E-state index is 0.201. The van der Waals surface area contributed by atoms with Crippen molar-refractivity contribution in [2.75, 3.05) is 26.2 Å². The van der Waals surface area contributed by atoms with E-state index >= 15 is 0 Å². The Morgan fingerprint density at radius 3 is 2.62 bits per heavy atom. The molecule has 2 atom stereocenters. The van der Waals surface area contributed by atoms with E-state index in [1.165, 1.54) is 5.56 Å². The highest BCUT2D eigenvalue weighted by Crippen LogP contribution is 2.32. The first-order chi connectivity index (χ1) is 11.7. The van der Waals surface area contributed by atoms with E-state index in [1.54, 1.807) is 11.3 Å². The molecular formula is C16H20N4O3S. The number of rotatable bonds is 3. The number of hydrogen-bond donors (Lipinski definition) is 2. The molecule has 2 unspecified atom stereocenters. The molecule has 2 aromatic rings. The molecule has 0 aliphatic carbocycles. The number of likely N-dealkylation sites (tertiary alicyclic amines) is 2. The lowest BCUT2D eigenvalue weighted by Gasteiger charge is -2.21. The average molecular weight is 348 g/mol. The summed E-state index contributed by atoms with van der Waals surface area (Å²) in [6.45, 7) is 4.69. The summed E-state index contributed by atoms with van der Waals surface area (Å²) in [6.07, 6.45) is 3.85. The predicted octanol–water partition coefficient (Wildman–Crippen LogP) is 1.38. The number of hydrogen-bond acceptors (Lipinski definition) is 5. The van der Waals surface area contributed by atoms with E-state index < -0.39 is 0 Å². The number of aromatic amines is 1. The molecule has 0 aromatic carbocycles. The van der Waals surface area contributed by atoms with E-state index in [-0.39, 0.29) is 12.4 Å². The zero-order chi connectivity index (χ0) is 16.9. The van der Waals surface area contributed by atoms with Crippen molar-refractivity contribution < 1.29 is 14.7 Å². The fourth-order valence-electron chi connectivity index (χ4n) is 3.58. The van der Waals surface area contributed by atoms with Crippen LogP contribution >= 0.6 is 11.3 Å². The van der Waals surface area contributed by atoms with Crippen molar-refractivity contribution in [2.45, 2.75) is 6.54 Å². The van der Waals surface area contributed by atoms with Gasteiger partial charge in [-0.05, 0) is 23.3 Å². The van der Waals surface area contributed by atoms with Crippen molar-refractivity contribution in [3.8, 4) is 0 Å². The molecule has 128 valence electrons. The van der Waals surface area contributed by atoms with Gasteiger partial charge in [0.15, 0.2) is 0 Å². The summed E-state index contributed by atoms with van der Waals surface area (Å²) in [7, 11) is 0. The van der Waals surface area contributed by atoms with Crippen LogP contribution in [-0.2, 0) is 11.3 Å². The molecule has 0 saturated carbocycles. The smallest absolute Gasteiger partial charge is 0.290 e. The van der Waals surface area contributed by atoms with Crippen LogP contribution in [0.1, 0.15) is 15.9 Å². The molecule has 2 fully saturated rings. The Hall–Kier alpha value is -2.19. The molecule has 1 amide bonds. The Labute approximate surface area is 143 Å². The second-order valence-electron chi connectivity index (χ2n) is 6.15. The predicted molar refractivity (Wildman–Crippen MR) is 89.8 cm³/mol. The van der Waals surface area contributed by atoms with Gasteiger partial charge in [0.2, 0.25) is 0 Å². The van der Waals surface area contributed by atoms with Gasteiger partial charge in [-0.1, -0.05) is 0 Å². The molecule has 24 heavy (non-hydrogen) atoms. The van der Waals surface area contributed by atoms with Crippen LogP contribution in [0.3, 0.4) is 0 Å². The molecule has 0 spiro atoms. The molecular weight excluding hydrogens is 328 g/mol. The van der Waals surface area contributed by atoms with E-state index in [9.17, 15) is 4.79 Å². The van der Waals surface area contributed by atoms with Gasteiger partial charge < -0.3 is 10.0 Å². The maximum atomic E-state index is 12.4. The van der Waals surface area contributed by atoms with Crippen LogP contribution in [0.5, 0.6) is 0 Å². The van der Waals surface area contributed by atoms with Crippen molar-refractivity contribution in [1.82, 2.24) is 20.0 Å². The number of thiophene rings is 1. The van der Waals surface area contributed by atoms with E-state index in [0.717, 1.165) is 38.3 Å². The molecule has 2 aromatic heterocycles. The topological polar surface area (TPSA) is 89.5 Å². The maximum absolute atomic E-state index is 12.4. The van der Waals surface area contributed by atoms with Crippen LogP contribution in [0.4, 0.5) is 0 Å². The molecule has 2 aliphatic rings. The van der Waals surface area contributed by atoms with Crippen molar-refractivity contribution in [1.29, 1.82) is 0 Å².